The molecule has 1 aliphatic heterocycles. The van der Waals surface area contributed by atoms with E-state index in [1.165, 1.54) is 69.5 Å². The molecule has 5 N–H and O–H groups in total. The molecule has 13 nitrogen and oxygen atoms in total. The zero-order valence-corrected chi connectivity index (χ0v) is 34.8. The highest BCUT2D eigenvalue weighted by molar-refractivity contribution is 7.79. The number of carboxylic acid groups (broad SMARTS) is 1. The van der Waals surface area contributed by atoms with E-state index in [1.54, 1.807) is 0 Å². The Morgan fingerprint density at radius 1 is 0.831 bits per heavy atom. The van der Waals surface area contributed by atoms with Crippen LogP contribution in [-0.4, -0.2) is 92.4 Å². The van der Waals surface area contributed by atoms with Gasteiger partial charge < -0.3 is 35.7 Å². The van der Waals surface area contributed by atoms with E-state index in [0.717, 1.165) is 12.1 Å². The number of carbonyl (C=O) groups excluding carboxylic acids is 4. The van der Waals surface area contributed by atoms with Crippen LogP contribution < -0.4 is 21.1 Å². The molecule has 25 heteroatoms. The Balaban J connectivity index is 0.00000148. The van der Waals surface area contributed by atoms with E-state index in [1.807, 2.05) is 10.6 Å². The fourth-order valence-corrected chi connectivity index (χ4v) is 7.59. The zero-order chi connectivity index (χ0) is 49.4. The second-order valence-corrected chi connectivity index (χ2v) is 15.7. The van der Waals surface area contributed by atoms with Gasteiger partial charge >= 0.3 is 30.4 Å². The second-order valence-electron chi connectivity index (χ2n) is 14.7. The Labute approximate surface area is 365 Å². The van der Waals surface area contributed by atoms with Crippen molar-refractivity contribution in [1.82, 2.24) is 15.5 Å². The van der Waals surface area contributed by atoms with Crippen LogP contribution in [0.15, 0.2) is 72.8 Å². The maximum atomic E-state index is 15.8. The molecule has 4 rings (SSSR count). The van der Waals surface area contributed by atoms with Crippen molar-refractivity contribution in [2.45, 2.75) is 81.1 Å². The average Bonchev–Trinajstić information content (AvgIpc) is 3.66. The summed E-state index contributed by atoms with van der Waals surface area (Å²) in [5.74, 6) is -17.0. The van der Waals surface area contributed by atoms with E-state index in [9.17, 15) is 67.5 Å². The molecular formula is C40H40F11N4O9S-. The number of hydrogen-bond donors (Lipinski definition) is 4. The maximum absolute atomic E-state index is 15.8. The molecule has 6 atom stereocenters. The first-order chi connectivity index (χ1) is 29.9. The number of nitrogens with two attached hydrogens (primary N) is 1. The number of nitrogens with zero attached hydrogens (tertiary/aromatic N) is 1. The van der Waals surface area contributed by atoms with Crippen LogP contribution in [0.25, 0.3) is 0 Å². The Morgan fingerprint density at radius 3 is 1.80 bits per heavy atom. The van der Waals surface area contributed by atoms with E-state index in [0.29, 0.717) is 28.3 Å². The summed E-state index contributed by atoms with van der Waals surface area (Å²) in [5, 5.41) is 9.47. The molecule has 3 aromatic rings. The van der Waals surface area contributed by atoms with Crippen molar-refractivity contribution in [2.24, 2.45) is 17.6 Å². The first kappa shape index (κ1) is 53.6. The van der Waals surface area contributed by atoms with Gasteiger partial charge in [-0.05, 0) is 64.2 Å². The molecule has 3 aromatic carbocycles. The number of ether oxygens (including phenoxy) is 1. The number of methoxy groups -OCH3 is 1. The number of Topliss-reactive ketones (excluding diaryl/α,β-unsaturated/α-hetero) is 1. The van der Waals surface area contributed by atoms with Gasteiger partial charge in [-0.25, -0.2) is 4.79 Å². The lowest BCUT2D eigenvalue weighted by atomic mass is 9.95. The van der Waals surface area contributed by atoms with Crippen molar-refractivity contribution in [1.29, 1.82) is 0 Å². The van der Waals surface area contributed by atoms with Crippen molar-refractivity contribution >= 4 is 40.6 Å². The third-order valence-electron chi connectivity index (χ3n) is 9.93. The smallest absolute Gasteiger partial charge is 0.490 e. The Hall–Kier alpha value is -5.69. The van der Waals surface area contributed by atoms with E-state index >= 15 is 8.78 Å². The van der Waals surface area contributed by atoms with Crippen LogP contribution in [0.5, 0.6) is 5.75 Å². The molecule has 2 unspecified atom stereocenters. The summed E-state index contributed by atoms with van der Waals surface area (Å²) in [7, 11) is 1.35. The van der Waals surface area contributed by atoms with Crippen LogP contribution in [0.3, 0.4) is 0 Å². The number of ketones is 1. The molecule has 0 saturated carbocycles. The standard InChI is InChI=1S/C38H40F8N4O7S.C2HF3O2/c1-20(2)30(32(51)38(44,45)46)49-33(52)29-17-24(31(58(55)56)23-12-14-25(57-3)15-13-23)19-50(29)34(53)28(16-21-8-10-22(18-47)11-9-21)48-35(54)36(39,40)26-6-4-5-7-27(26)37(41,42)43;3-2(4,5)1(6)7/h4-15,20,24,28-31H,16-19,47H2,1-3H3,(H,48,54)(H,49,52)(H,55,56);(H,6,7)/p-1/t24-,28+,29+,30+,31?;/m1./s1. The monoisotopic (exact) mass is 961 g/mol. The average molecular weight is 962 g/mol. The van der Waals surface area contributed by atoms with Gasteiger partial charge in [0.15, 0.2) is 0 Å². The van der Waals surface area contributed by atoms with Gasteiger partial charge in [0.05, 0.1) is 24.0 Å². The zero-order valence-electron chi connectivity index (χ0n) is 34.0. The van der Waals surface area contributed by atoms with Gasteiger partial charge in [-0.3, -0.25) is 23.4 Å². The van der Waals surface area contributed by atoms with Crippen molar-refractivity contribution in [3.8, 4) is 5.75 Å². The third-order valence-corrected chi connectivity index (χ3v) is 11.0. The highest BCUT2D eigenvalue weighted by atomic mass is 32.2. The fraction of sp³-hybridized carbons (Fsp3) is 0.425. The molecule has 0 aliphatic carbocycles. The minimum atomic E-state index is -5.40. The van der Waals surface area contributed by atoms with Crippen molar-refractivity contribution in [2.75, 3.05) is 13.7 Å². The summed E-state index contributed by atoms with van der Waals surface area (Å²) < 4.78 is 176. The first-order valence-corrected chi connectivity index (χ1v) is 20.0. The summed E-state index contributed by atoms with van der Waals surface area (Å²) in [6, 6.07) is 7.73. The van der Waals surface area contributed by atoms with Crippen LogP contribution >= 0.6 is 0 Å². The summed E-state index contributed by atoms with van der Waals surface area (Å²) in [6.07, 6.45) is -17.0. The molecule has 65 heavy (non-hydrogen) atoms. The lowest BCUT2D eigenvalue weighted by Crippen LogP contribution is -2.58. The number of hydrogen-bond acceptors (Lipinski definition) is 9. The Morgan fingerprint density at radius 2 is 1.35 bits per heavy atom. The van der Waals surface area contributed by atoms with Gasteiger partial charge in [0.1, 0.15) is 17.8 Å². The van der Waals surface area contributed by atoms with Crippen LogP contribution in [0, 0.1) is 11.8 Å². The second kappa shape index (κ2) is 21.5. The number of carboxylic acids is 1. The summed E-state index contributed by atoms with van der Waals surface area (Å²) in [5.41, 5.74) is 3.02. The van der Waals surface area contributed by atoms with Crippen LogP contribution in [0.2, 0.25) is 0 Å². The van der Waals surface area contributed by atoms with E-state index < -0.39 is 131 Å². The molecule has 1 fully saturated rings. The minimum Gasteiger partial charge on any atom is -0.772 e. The van der Waals surface area contributed by atoms with Gasteiger partial charge in [-0.2, -0.15) is 48.3 Å². The molecule has 1 heterocycles. The fourth-order valence-electron chi connectivity index (χ4n) is 6.70. The predicted octanol–water partition coefficient (Wildman–Crippen LogP) is 5.74. The summed E-state index contributed by atoms with van der Waals surface area (Å²) in [4.78, 5) is 63.7. The van der Waals surface area contributed by atoms with Crippen LogP contribution in [0.1, 0.15) is 53.3 Å². The van der Waals surface area contributed by atoms with Gasteiger partial charge in [-0.1, -0.05) is 68.4 Å². The number of aliphatic carboxylic acids is 1. The highest BCUT2D eigenvalue weighted by Gasteiger charge is 2.51. The number of carbonyl (C=O) groups is 5. The molecular weight excluding hydrogens is 922 g/mol. The number of likely N-dealkylation sites (tertiary alicyclic amines) is 1. The van der Waals surface area contributed by atoms with Crippen molar-refractivity contribution in [3.05, 3.63) is 101 Å². The first-order valence-electron chi connectivity index (χ1n) is 18.8. The maximum Gasteiger partial charge on any atom is 0.490 e. The Kier molecular flexibility index (Phi) is 17.8. The van der Waals surface area contributed by atoms with E-state index in [2.05, 4.69) is 0 Å². The van der Waals surface area contributed by atoms with Crippen molar-refractivity contribution < 1.29 is 90.9 Å². The van der Waals surface area contributed by atoms with E-state index in [-0.39, 0.29) is 17.7 Å². The minimum absolute atomic E-state index is 0.0703. The molecule has 0 radical (unpaired) electrons. The van der Waals surface area contributed by atoms with Gasteiger partial charge in [0.25, 0.3) is 11.7 Å². The normalized spacial score (nSPS) is 17.5. The number of alkyl halides is 11. The number of rotatable bonds is 15. The Bertz CT molecular complexity index is 2190. The molecule has 0 aromatic heterocycles. The number of amides is 3. The molecule has 1 aliphatic rings. The summed E-state index contributed by atoms with van der Waals surface area (Å²) >= 11 is -2.98. The molecule has 0 bridgehead atoms. The highest BCUT2D eigenvalue weighted by Crippen LogP contribution is 2.41. The molecule has 0 spiro atoms. The lowest BCUT2D eigenvalue weighted by molar-refractivity contribution is -0.192. The van der Waals surface area contributed by atoms with Crippen LogP contribution in [-0.2, 0) is 60.1 Å². The number of halogens is 11. The van der Waals surface area contributed by atoms with Crippen LogP contribution in [0.4, 0.5) is 48.3 Å². The molecule has 358 valence electrons. The van der Waals surface area contributed by atoms with Gasteiger partial charge in [0, 0.05) is 25.1 Å². The molecule has 1 saturated heterocycles. The SMILES string of the molecule is COc1ccc(C([C@@H]2C[C@@H](C(=O)N[C@H](C(=O)C(F)(F)F)C(C)C)N(C(=O)[C@H](Cc3ccc(CN)cc3)NC(=O)C(F)(F)c3ccccc3C(F)(F)F)C2)S(=O)[O-])cc1.O=C(O)C(F)(F)F. The largest absolute Gasteiger partial charge is 0.772 e. The quantitative estimate of drug-likeness (QED) is 0.107. The van der Waals surface area contributed by atoms with Crippen molar-refractivity contribution in [3.63, 3.8) is 0 Å². The van der Waals surface area contributed by atoms with Gasteiger partial charge in [-0.15, -0.1) is 0 Å². The topological polar surface area (TPSA) is 208 Å². The number of nitrogens with one attached hydrogen (secondary N) is 2. The summed E-state index contributed by atoms with van der Waals surface area (Å²) in [6.45, 7) is 1.83. The molecule has 3 amide bonds. The van der Waals surface area contributed by atoms with E-state index in [4.69, 9.17) is 20.4 Å². The predicted molar refractivity (Wildman–Crippen MR) is 205 cm³/mol. The van der Waals surface area contributed by atoms with Gasteiger partial charge in [0.2, 0.25) is 11.8 Å². The number of benzene rings is 3. The third kappa shape index (κ3) is 13.9. The lowest BCUT2D eigenvalue weighted by Gasteiger charge is -2.31.